The third-order valence-corrected chi connectivity index (χ3v) is 2.20. The van der Waals surface area contributed by atoms with Crippen LogP contribution >= 0.6 is 0 Å². The number of hydrogen-bond acceptors (Lipinski definition) is 3. The number of amides is 1. The summed E-state index contributed by atoms with van der Waals surface area (Å²) in [5, 5.41) is 6.16. The monoisotopic (exact) mass is 195 g/mol. The highest BCUT2D eigenvalue weighted by Crippen LogP contribution is 1.95. The lowest BCUT2D eigenvalue weighted by molar-refractivity contribution is -0.129. The number of rotatable bonds is 3. The Hall–Kier alpha value is -1.05. The molecule has 0 unspecified atom stereocenters. The third kappa shape index (κ3) is 3.77. The fourth-order valence-corrected chi connectivity index (χ4v) is 1.45. The molecule has 0 radical (unpaired) electrons. The molecule has 14 heavy (non-hydrogen) atoms. The second kappa shape index (κ2) is 6.41. The Kier molecular flexibility index (Phi) is 5.05. The van der Waals surface area contributed by atoms with Gasteiger partial charge in [0.15, 0.2) is 0 Å². The zero-order valence-electron chi connectivity index (χ0n) is 8.38. The summed E-state index contributed by atoms with van der Waals surface area (Å²) < 4.78 is 0. The van der Waals surface area contributed by atoms with E-state index in [0.717, 1.165) is 32.6 Å². The van der Waals surface area contributed by atoms with Gasteiger partial charge in [0.25, 0.3) is 0 Å². The number of nitrogens with one attached hydrogen (secondary N) is 2. The van der Waals surface area contributed by atoms with Crippen LogP contribution in [0.4, 0.5) is 0 Å². The Morgan fingerprint density at radius 1 is 1.50 bits per heavy atom. The molecule has 1 rings (SSSR count). The van der Waals surface area contributed by atoms with Crippen LogP contribution < -0.4 is 10.6 Å². The van der Waals surface area contributed by atoms with Gasteiger partial charge in [-0.25, -0.2) is 0 Å². The maximum Gasteiger partial charge on any atom is 0.236 e. The number of carbonyl (C=O) groups is 1. The van der Waals surface area contributed by atoms with Gasteiger partial charge in [0.1, 0.15) is 0 Å². The van der Waals surface area contributed by atoms with Gasteiger partial charge in [-0.2, -0.15) is 0 Å². The van der Waals surface area contributed by atoms with Gasteiger partial charge in [-0.3, -0.25) is 10.1 Å². The molecule has 1 aliphatic rings. The molecule has 0 aromatic carbocycles. The van der Waals surface area contributed by atoms with E-state index in [1.165, 1.54) is 0 Å². The van der Waals surface area contributed by atoms with Crippen molar-refractivity contribution < 1.29 is 4.79 Å². The van der Waals surface area contributed by atoms with Crippen molar-refractivity contribution in [3.63, 3.8) is 0 Å². The molecule has 0 aliphatic carbocycles. The van der Waals surface area contributed by atoms with E-state index in [4.69, 9.17) is 6.42 Å². The topological polar surface area (TPSA) is 44.4 Å². The summed E-state index contributed by atoms with van der Waals surface area (Å²) >= 11 is 0. The van der Waals surface area contributed by atoms with Gasteiger partial charge in [-0.15, -0.1) is 6.42 Å². The Labute approximate surface area is 85.0 Å². The largest absolute Gasteiger partial charge is 0.340 e. The zero-order valence-corrected chi connectivity index (χ0v) is 8.38. The average molecular weight is 195 g/mol. The summed E-state index contributed by atoms with van der Waals surface area (Å²) in [4.78, 5) is 13.5. The predicted molar refractivity (Wildman–Crippen MR) is 55.8 cm³/mol. The SMILES string of the molecule is C#CCNCC(=O)N1CCCNCC1. The molecule has 0 atom stereocenters. The summed E-state index contributed by atoms with van der Waals surface area (Å²) in [5.41, 5.74) is 0. The average Bonchev–Trinajstić information content (AvgIpc) is 2.46. The van der Waals surface area contributed by atoms with Crippen LogP contribution in [0.25, 0.3) is 0 Å². The summed E-state index contributed by atoms with van der Waals surface area (Å²) in [6.45, 7) is 4.35. The molecular formula is C10H17N3O. The Bertz CT molecular complexity index is 214. The van der Waals surface area contributed by atoms with Crippen molar-refractivity contribution in [1.82, 2.24) is 15.5 Å². The van der Waals surface area contributed by atoms with E-state index in [0.29, 0.717) is 13.1 Å². The third-order valence-electron chi connectivity index (χ3n) is 2.20. The van der Waals surface area contributed by atoms with Gasteiger partial charge in [0.2, 0.25) is 5.91 Å². The van der Waals surface area contributed by atoms with Gasteiger partial charge >= 0.3 is 0 Å². The van der Waals surface area contributed by atoms with E-state index in [1.54, 1.807) is 0 Å². The number of carbonyl (C=O) groups excluding carboxylic acids is 1. The van der Waals surface area contributed by atoms with E-state index in [2.05, 4.69) is 16.6 Å². The summed E-state index contributed by atoms with van der Waals surface area (Å²) in [7, 11) is 0. The van der Waals surface area contributed by atoms with Gasteiger partial charge in [0, 0.05) is 19.6 Å². The number of nitrogens with zero attached hydrogens (tertiary/aromatic N) is 1. The van der Waals surface area contributed by atoms with Gasteiger partial charge in [0.05, 0.1) is 13.1 Å². The van der Waals surface area contributed by atoms with Crippen molar-refractivity contribution >= 4 is 5.91 Å². The van der Waals surface area contributed by atoms with Crippen molar-refractivity contribution in [2.24, 2.45) is 0 Å². The Balaban J connectivity index is 2.24. The maximum absolute atomic E-state index is 11.6. The summed E-state index contributed by atoms with van der Waals surface area (Å²) in [5.74, 6) is 2.59. The molecule has 2 N–H and O–H groups in total. The van der Waals surface area contributed by atoms with Crippen molar-refractivity contribution in [2.45, 2.75) is 6.42 Å². The van der Waals surface area contributed by atoms with Crippen LogP contribution in [0, 0.1) is 12.3 Å². The molecule has 0 aromatic heterocycles. The van der Waals surface area contributed by atoms with Crippen LogP contribution in [0.2, 0.25) is 0 Å². The second-order valence-electron chi connectivity index (χ2n) is 3.29. The first-order chi connectivity index (χ1) is 6.84. The van der Waals surface area contributed by atoms with Crippen LogP contribution in [0.1, 0.15) is 6.42 Å². The minimum Gasteiger partial charge on any atom is -0.340 e. The lowest BCUT2D eigenvalue weighted by Gasteiger charge is -2.19. The lowest BCUT2D eigenvalue weighted by Crippen LogP contribution is -2.40. The van der Waals surface area contributed by atoms with Gasteiger partial charge < -0.3 is 10.2 Å². The Morgan fingerprint density at radius 2 is 2.36 bits per heavy atom. The molecular weight excluding hydrogens is 178 g/mol. The smallest absolute Gasteiger partial charge is 0.236 e. The standard InChI is InChI=1S/C10H17N3O/c1-2-4-12-9-10(14)13-7-3-5-11-6-8-13/h1,11-12H,3-9H2. The predicted octanol–water partition coefficient (Wildman–Crippen LogP) is -0.969. The molecule has 0 spiro atoms. The molecule has 0 saturated carbocycles. The zero-order chi connectivity index (χ0) is 10.2. The minimum absolute atomic E-state index is 0.143. The highest BCUT2D eigenvalue weighted by molar-refractivity contribution is 5.78. The first kappa shape index (κ1) is 11.0. The van der Waals surface area contributed by atoms with Crippen LogP contribution in [-0.2, 0) is 4.79 Å². The molecule has 1 fully saturated rings. The molecule has 1 aliphatic heterocycles. The molecule has 4 nitrogen and oxygen atoms in total. The Morgan fingerprint density at radius 3 is 3.14 bits per heavy atom. The van der Waals surface area contributed by atoms with Gasteiger partial charge in [-0.05, 0) is 13.0 Å². The molecule has 1 amide bonds. The van der Waals surface area contributed by atoms with E-state index in [-0.39, 0.29) is 5.91 Å². The fourth-order valence-electron chi connectivity index (χ4n) is 1.45. The molecule has 4 heteroatoms. The van der Waals surface area contributed by atoms with Crippen LogP contribution in [0.15, 0.2) is 0 Å². The van der Waals surface area contributed by atoms with E-state index in [1.807, 2.05) is 4.90 Å². The summed E-state index contributed by atoms with van der Waals surface area (Å²) in [6.07, 6.45) is 6.10. The van der Waals surface area contributed by atoms with Gasteiger partial charge in [-0.1, -0.05) is 5.92 Å². The van der Waals surface area contributed by atoms with Crippen molar-refractivity contribution in [3.05, 3.63) is 0 Å². The van der Waals surface area contributed by atoms with Crippen LogP contribution in [-0.4, -0.2) is 50.1 Å². The fraction of sp³-hybridized carbons (Fsp3) is 0.700. The highest BCUT2D eigenvalue weighted by Gasteiger charge is 2.13. The molecule has 1 saturated heterocycles. The second-order valence-corrected chi connectivity index (χ2v) is 3.29. The highest BCUT2D eigenvalue weighted by atomic mass is 16.2. The van der Waals surface area contributed by atoms with E-state index >= 15 is 0 Å². The molecule has 0 bridgehead atoms. The van der Waals surface area contributed by atoms with E-state index in [9.17, 15) is 4.79 Å². The van der Waals surface area contributed by atoms with Crippen molar-refractivity contribution in [3.8, 4) is 12.3 Å². The quantitative estimate of drug-likeness (QED) is 0.450. The maximum atomic E-state index is 11.6. The molecule has 0 aromatic rings. The molecule has 1 heterocycles. The summed E-state index contributed by atoms with van der Waals surface area (Å²) in [6, 6.07) is 0. The van der Waals surface area contributed by atoms with Crippen LogP contribution in [0.3, 0.4) is 0 Å². The van der Waals surface area contributed by atoms with Crippen LogP contribution in [0.5, 0.6) is 0 Å². The number of hydrogen-bond donors (Lipinski definition) is 2. The first-order valence-corrected chi connectivity index (χ1v) is 4.97. The van der Waals surface area contributed by atoms with Crippen molar-refractivity contribution in [1.29, 1.82) is 0 Å². The van der Waals surface area contributed by atoms with Crippen molar-refractivity contribution in [2.75, 3.05) is 39.3 Å². The first-order valence-electron chi connectivity index (χ1n) is 4.97. The van der Waals surface area contributed by atoms with E-state index < -0.39 is 0 Å². The lowest BCUT2D eigenvalue weighted by atomic mass is 10.4. The normalized spacial score (nSPS) is 17.2. The molecule has 78 valence electrons. The number of terminal acetylenes is 1. The minimum atomic E-state index is 0.143.